The Morgan fingerprint density at radius 1 is 1.39 bits per heavy atom. The fourth-order valence-corrected chi connectivity index (χ4v) is 2.74. The molecule has 0 saturated heterocycles. The molecule has 18 heavy (non-hydrogen) atoms. The summed E-state index contributed by atoms with van der Waals surface area (Å²) in [7, 11) is 1.98. The Bertz CT molecular complexity index is 620. The first-order chi connectivity index (χ1) is 8.76. The molecule has 5 heteroatoms. The largest absolute Gasteiger partial charge is 0.348 e. The van der Waals surface area contributed by atoms with Crippen LogP contribution in [0.5, 0.6) is 0 Å². The van der Waals surface area contributed by atoms with Crippen LogP contribution in [0.3, 0.4) is 0 Å². The summed E-state index contributed by atoms with van der Waals surface area (Å²) in [6, 6.07) is 2.54. The normalized spacial score (nSPS) is 13.2. The van der Waals surface area contributed by atoms with Gasteiger partial charge in [-0.25, -0.2) is 4.98 Å². The molecule has 0 aliphatic heterocycles. The Kier molecular flexibility index (Phi) is 2.93. The third-order valence-electron chi connectivity index (χ3n) is 3.19. The second kappa shape index (κ2) is 4.59. The number of aromatic nitrogens is 3. The van der Waals surface area contributed by atoms with E-state index in [9.17, 15) is 0 Å². The zero-order chi connectivity index (χ0) is 12.5. The Morgan fingerprint density at radius 3 is 3.06 bits per heavy atom. The number of imidazole rings is 1. The van der Waals surface area contributed by atoms with Crippen molar-refractivity contribution < 1.29 is 0 Å². The van der Waals surface area contributed by atoms with Crippen LogP contribution >= 0.6 is 11.3 Å². The average molecular weight is 260 g/mol. The summed E-state index contributed by atoms with van der Waals surface area (Å²) in [4.78, 5) is 5.64. The number of thiazole rings is 1. The molecule has 3 heterocycles. The number of hydrogen-bond acceptors (Lipinski definition) is 3. The third kappa shape index (κ3) is 2.07. The van der Waals surface area contributed by atoms with Crippen molar-refractivity contribution in [3.05, 3.63) is 47.5 Å². The lowest BCUT2D eigenvalue weighted by molar-refractivity contribution is 0.648. The highest BCUT2D eigenvalue weighted by Crippen LogP contribution is 2.15. The van der Waals surface area contributed by atoms with Crippen LogP contribution in [-0.4, -0.2) is 21.0 Å². The van der Waals surface area contributed by atoms with Crippen molar-refractivity contribution in [3.8, 4) is 0 Å². The zero-order valence-electron chi connectivity index (χ0n) is 10.5. The van der Waals surface area contributed by atoms with E-state index in [4.69, 9.17) is 0 Å². The highest BCUT2D eigenvalue weighted by Gasteiger charge is 2.06. The number of fused-ring (bicyclic) bond motifs is 1. The smallest absolute Gasteiger partial charge is 0.193 e. The van der Waals surface area contributed by atoms with E-state index >= 15 is 0 Å². The molecule has 0 aliphatic carbocycles. The van der Waals surface area contributed by atoms with Crippen LogP contribution in [0.15, 0.2) is 36.2 Å². The van der Waals surface area contributed by atoms with Gasteiger partial charge in [0, 0.05) is 36.2 Å². The molecule has 0 spiro atoms. The molecule has 4 nitrogen and oxygen atoms in total. The van der Waals surface area contributed by atoms with Crippen molar-refractivity contribution in [1.82, 2.24) is 19.3 Å². The quantitative estimate of drug-likeness (QED) is 0.782. The van der Waals surface area contributed by atoms with Gasteiger partial charge in [-0.1, -0.05) is 0 Å². The van der Waals surface area contributed by atoms with E-state index in [1.165, 1.54) is 5.56 Å². The fraction of sp³-hybridized carbons (Fsp3) is 0.308. The molecule has 0 fully saturated rings. The summed E-state index contributed by atoms with van der Waals surface area (Å²) in [5, 5.41) is 5.29. The predicted molar refractivity (Wildman–Crippen MR) is 74.1 cm³/mol. The maximum Gasteiger partial charge on any atom is 0.193 e. The van der Waals surface area contributed by atoms with Gasteiger partial charge in [0.2, 0.25) is 0 Å². The van der Waals surface area contributed by atoms with Gasteiger partial charge in [-0.2, -0.15) is 0 Å². The van der Waals surface area contributed by atoms with Crippen molar-refractivity contribution in [1.29, 1.82) is 0 Å². The Balaban J connectivity index is 1.79. The van der Waals surface area contributed by atoms with E-state index in [0.29, 0.717) is 6.04 Å². The van der Waals surface area contributed by atoms with Gasteiger partial charge in [-0.15, -0.1) is 11.3 Å². The number of nitrogens with one attached hydrogen (secondary N) is 1. The SMILES string of the molecule is CNC(C)c1ccn(Cc2cn3ccsc3n2)c1. The van der Waals surface area contributed by atoms with Crippen LogP contribution in [0.2, 0.25) is 0 Å². The summed E-state index contributed by atoms with van der Waals surface area (Å²) in [5.41, 5.74) is 2.40. The Hall–Kier alpha value is -1.59. The van der Waals surface area contributed by atoms with Crippen molar-refractivity contribution in [3.63, 3.8) is 0 Å². The van der Waals surface area contributed by atoms with Gasteiger partial charge < -0.3 is 9.88 Å². The minimum Gasteiger partial charge on any atom is -0.348 e. The Labute approximate surface area is 110 Å². The standard InChI is InChI=1S/C13H16N4S/c1-10(14-2)11-3-4-16(7-11)8-12-9-17-5-6-18-13(17)15-12/h3-7,9-10,14H,8H2,1-2H3. The first kappa shape index (κ1) is 11.5. The summed E-state index contributed by atoms with van der Waals surface area (Å²) in [5.74, 6) is 0. The van der Waals surface area contributed by atoms with Crippen molar-refractivity contribution in [2.45, 2.75) is 19.5 Å². The number of rotatable bonds is 4. The van der Waals surface area contributed by atoms with Crippen molar-refractivity contribution >= 4 is 16.3 Å². The van der Waals surface area contributed by atoms with E-state index in [-0.39, 0.29) is 0 Å². The van der Waals surface area contributed by atoms with E-state index in [1.54, 1.807) is 11.3 Å². The van der Waals surface area contributed by atoms with Gasteiger partial charge in [-0.3, -0.25) is 4.40 Å². The monoisotopic (exact) mass is 260 g/mol. The molecule has 1 atom stereocenters. The molecule has 1 unspecified atom stereocenters. The van der Waals surface area contributed by atoms with E-state index in [1.807, 2.05) is 13.2 Å². The summed E-state index contributed by atoms with van der Waals surface area (Å²) < 4.78 is 4.25. The predicted octanol–water partition coefficient (Wildman–Crippen LogP) is 2.53. The molecule has 1 N–H and O–H groups in total. The molecule has 0 saturated carbocycles. The first-order valence-electron chi connectivity index (χ1n) is 6.00. The minimum atomic E-state index is 0.386. The van der Waals surface area contributed by atoms with Crippen molar-refractivity contribution in [2.75, 3.05) is 7.05 Å². The summed E-state index contributed by atoms with van der Waals surface area (Å²) in [6.07, 6.45) is 8.42. The lowest BCUT2D eigenvalue weighted by atomic mass is 10.2. The van der Waals surface area contributed by atoms with E-state index in [2.05, 4.69) is 56.2 Å². The van der Waals surface area contributed by atoms with E-state index in [0.717, 1.165) is 17.2 Å². The van der Waals surface area contributed by atoms with Gasteiger partial charge in [0.05, 0.1) is 12.2 Å². The van der Waals surface area contributed by atoms with Gasteiger partial charge in [0.25, 0.3) is 0 Å². The average Bonchev–Trinajstić information content (AvgIpc) is 3.03. The highest BCUT2D eigenvalue weighted by atomic mass is 32.1. The molecule has 3 aromatic rings. The highest BCUT2D eigenvalue weighted by molar-refractivity contribution is 7.15. The third-order valence-corrected chi connectivity index (χ3v) is 3.96. The first-order valence-corrected chi connectivity index (χ1v) is 6.88. The molecule has 0 radical (unpaired) electrons. The molecule has 0 bridgehead atoms. The van der Waals surface area contributed by atoms with Crippen LogP contribution in [-0.2, 0) is 6.54 Å². The van der Waals surface area contributed by atoms with Crippen LogP contribution in [0, 0.1) is 0 Å². The van der Waals surface area contributed by atoms with Crippen LogP contribution in [0.4, 0.5) is 0 Å². The molecule has 3 aromatic heterocycles. The van der Waals surface area contributed by atoms with Crippen LogP contribution < -0.4 is 5.32 Å². The number of hydrogen-bond donors (Lipinski definition) is 1. The lowest BCUT2D eigenvalue weighted by Gasteiger charge is -2.06. The molecule has 0 amide bonds. The maximum absolute atomic E-state index is 4.59. The molecule has 3 rings (SSSR count). The number of nitrogens with zero attached hydrogens (tertiary/aromatic N) is 3. The molecule has 0 aliphatic rings. The summed E-state index contributed by atoms with van der Waals surface area (Å²) >= 11 is 1.67. The second-order valence-electron chi connectivity index (χ2n) is 4.45. The van der Waals surface area contributed by atoms with Gasteiger partial charge in [0.1, 0.15) is 0 Å². The topological polar surface area (TPSA) is 34.3 Å². The van der Waals surface area contributed by atoms with Gasteiger partial charge in [-0.05, 0) is 25.6 Å². The summed E-state index contributed by atoms with van der Waals surface area (Å²) in [6.45, 7) is 2.98. The Morgan fingerprint density at radius 2 is 2.28 bits per heavy atom. The lowest BCUT2D eigenvalue weighted by Crippen LogP contribution is -2.11. The van der Waals surface area contributed by atoms with E-state index < -0.39 is 0 Å². The minimum absolute atomic E-state index is 0.386. The second-order valence-corrected chi connectivity index (χ2v) is 5.33. The van der Waals surface area contributed by atoms with Crippen molar-refractivity contribution in [2.24, 2.45) is 0 Å². The molecule has 0 aromatic carbocycles. The molecule has 94 valence electrons. The van der Waals surface area contributed by atoms with Crippen LogP contribution in [0.1, 0.15) is 24.2 Å². The van der Waals surface area contributed by atoms with Gasteiger partial charge >= 0.3 is 0 Å². The zero-order valence-corrected chi connectivity index (χ0v) is 11.3. The fourth-order valence-electron chi connectivity index (χ4n) is 2.02. The van der Waals surface area contributed by atoms with Crippen LogP contribution in [0.25, 0.3) is 4.96 Å². The maximum atomic E-state index is 4.59. The molecular weight excluding hydrogens is 244 g/mol. The van der Waals surface area contributed by atoms with Gasteiger partial charge in [0.15, 0.2) is 4.96 Å². The molecular formula is C13H16N4S.